The van der Waals surface area contributed by atoms with Gasteiger partial charge in [0.1, 0.15) is 24.9 Å². The molecule has 0 radical (unpaired) electrons. The third-order valence-electron chi connectivity index (χ3n) is 3.69. The van der Waals surface area contributed by atoms with Gasteiger partial charge in [0.15, 0.2) is 11.5 Å². The quantitative estimate of drug-likeness (QED) is 0.668. The van der Waals surface area contributed by atoms with Crippen molar-refractivity contribution in [2.45, 2.75) is 6.92 Å². The number of hydrogen-bond acceptors (Lipinski definition) is 4. The van der Waals surface area contributed by atoms with Crippen LogP contribution >= 0.6 is 11.6 Å². The number of nitrogens with one attached hydrogen (secondary N) is 1. The van der Waals surface area contributed by atoms with Gasteiger partial charge < -0.3 is 14.8 Å². The fraction of sp³-hybridized carbons (Fsp3) is 0.158. The lowest BCUT2D eigenvalue weighted by molar-refractivity contribution is -0.112. The van der Waals surface area contributed by atoms with Gasteiger partial charge in [-0.3, -0.25) is 4.79 Å². The maximum Gasteiger partial charge on any atom is 0.266 e. The largest absolute Gasteiger partial charge is 0.486 e. The molecule has 6 heteroatoms. The van der Waals surface area contributed by atoms with Crippen LogP contribution in [-0.2, 0) is 4.79 Å². The average Bonchev–Trinajstić information content (AvgIpc) is 2.61. The highest BCUT2D eigenvalue weighted by atomic mass is 35.5. The zero-order valence-corrected chi connectivity index (χ0v) is 14.3. The number of fused-ring (bicyclic) bond motifs is 1. The fourth-order valence-electron chi connectivity index (χ4n) is 2.43. The van der Waals surface area contributed by atoms with E-state index in [9.17, 15) is 10.1 Å². The molecule has 0 aliphatic carbocycles. The number of carbonyl (C=O) groups is 1. The van der Waals surface area contributed by atoms with Crippen molar-refractivity contribution in [1.29, 1.82) is 5.26 Å². The molecule has 0 aromatic heterocycles. The molecule has 3 rings (SSSR count). The Labute approximate surface area is 150 Å². The molecule has 1 aliphatic heterocycles. The zero-order valence-electron chi connectivity index (χ0n) is 13.5. The minimum atomic E-state index is -0.484. The second-order valence-corrected chi connectivity index (χ2v) is 5.87. The first kappa shape index (κ1) is 16.9. The Bertz CT molecular complexity index is 900. The molecule has 5 nitrogen and oxygen atoms in total. The van der Waals surface area contributed by atoms with Crippen molar-refractivity contribution in [3.05, 3.63) is 58.1 Å². The molecular weight excluding hydrogens is 340 g/mol. The first-order valence-electron chi connectivity index (χ1n) is 7.66. The third kappa shape index (κ3) is 3.76. The molecule has 1 N–H and O–H groups in total. The third-order valence-corrected chi connectivity index (χ3v) is 3.97. The topological polar surface area (TPSA) is 71.4 Å². The molecule has 0 bridgehead atoms. The Hall–Kier alpha value is -2.97. The molecule has 126 valence electrons. The highest BCUT2D eigenvalue weighted by Gasteiger charge is 2.17. The SMILES string of the molecule is Cc1ccccc1NC(=O)/C(C#N)=C/c1cc(Cl)c2c(c1)OCCO2. The smallest absolute Gasteiger partial charge is 0.266 e. The highest BCUT2D eigenvalue weighted by Crippen LogP contribution is 2.38. The Morgan fingerprint density at radius 3 is 2.80 bits per heavy atom. The number of nitrogens with zero attached hydrogens (tertiary/aromatic N) is 1. The Balaban J connectivity index is 1.88. The molecule has 0 unspecified atom stereocenters. The van der Waals surface area contributed by atoms with Gasteiger partial charge in [0.25, 0.3) is 5.91 Å². The summed E-state index contributed by atoms with van der Waals surface area (Å²) in [4.78, 5) is 12.4. The molecule has 1 aliphatic rings. The maximum absolute atomic E-state index is 12.4. The van der Waals surface area contributed by atoms with Crippen LogP contribution < -0.4 is 14.8 Å². The van der Waals surface area contributed by atoms with E-state index in [-0.39, 0.29) is 5.57 Å². The van der Waals surface area contributed by atoms with Crippen LogP contribution in [0.15, 0.2) is 42.0 Å². The summed E-state index contributed by atoms with van der Waals surface area (Å²) in [5.41, 5.74) is 2.13. The molecule has 2 aromatic rings. The van der Waals surface area contributed by atoms with Crippen LogP contribution in [0.2, 0.25) is 5.02 Å². The molecule has 0 atom stereocenters. The number of benzene rings is 2. The number of carbonyl (C=O) groups excluding carboxylic acids is 1. The summed E-state index contributed by atoms with van der Waals surface area (Å²) in [6, 6.07) is 12.6. The lowest BCUT2D eigenvalue weighted by Gasteiger charge is -2.19. The summed E-state index contributed by atoms with van der Waals surface area (Å²) < 4.78 is 11.0. The molecule has 0 saturated carbocycles. The van der Waals surface area contributed by atoms with E-state index < -0.39 is 5.91 Å². The van der Waals surface area contributed by atoms with Gasteiger partial charge in [0.05, 0.1) is 5.02 Å². The van der Waals surface area contributed by atoms with E-state index in [1.165, 1.54) is 6.08 Å². The van der Waals surface area contributed by atoms with Crippen molar-refractivity contribution < 1.29 is 14.3 Å². The van der Waals surface area contributed by atoms with E-state index in [0.717, 1.165) is 5.56 Å². The van der Waals surface area contributed by atoms with Crippen molar-refractivity contribution in [3.8, 4) is 17.6 Å². The number of ether oxygens (including phenoxy) is 2. The van der Waals surface area contributed by atoms with Gasteiger partial charge in [-0.05, 0) is 42.3 Å². The minimum absolute atomic E-state index is 0.0315. The molecule has 2 aromatic carbocycles. The van der Waals surface area contributed by atoms with Crippen molar-refractivity contribution >= 4 is 29.3 Å². The Morgan fingerprint density at radius 1 is 1.28 bits per heavy atom. The summed E-state index contributed by atoms with van der Waals surface area (Å²) in [7, 11) is 0. The number of amides is 1. The lowest BCUT2D eigenvalue weighted by atomic mass is 10.1. The van der Waals surface area contributed by atoms with Crippen molar-refractivity contribution in [2.24, 2.45) is 0 Å². The van der Waals surface area contributed by atoms with E-state index >= 15 is 0 Å². The minimum Gasteiger partial charge on any atom is -0.486 e. The van der Waals surface area contributed by atoms with Crippen LogP contribution in [0.1, 0.15) is 11.1 Å². The summed E-state index contributed by atoms with van der Waals surface area (Å²) in [6.45, 7) is 2.74. The van der Waals surface area contributed by atoms with Crippen molar-refractivity contribution in [1.82, 2.24) is 0 Å². The van der Waals surface area contributed by atoms with Crippen LogP contribution in [0.4, 0.5) is 5.69 Å². The van der Waals surface area contributed by atoms with Gasteiger partial charge in [-0.25, -0.2) is 0 Å². The molecule has 0 saturated heterocycles. The second kappa shape index (κ2) is 7.29. The van der Waals surface area contributed by atoms with Gasteiger partial charge in [0, 0.05) is 5.69 Å². The number of nitriles is 1. The summed E-state index contributed by atoms with van der Waals surface area (Å²) in [5, 5.41) is 12.5. The van der Waals surface area contributed by atoms with Gasteiger partial charge >= 0.3 is 0 Å². The molecule has 0 fully saturated rings. The summed E-state index contributed by atoms with van der Waals surface area (Å²) in [5.74, 6) is 0.498. The Kier molecular flexibility index (Phi) is 4.92. The molecule has 1 heterocycles. The number of aryl methyl sites for hydroxylation is 1. The van der Waals surface area contributed by atoms with Crippen LogP contribution in [0, 0.1) is 18.3 Å². The first-order valence-corrected chi connectivity index (χ1v) is 8.04. The highest BCUT2D eigenvalue weighted by molar-refractivity contribution is 6.32. The molecule has 25 heavy (non-hydrogen) atoms. The Morgan fingerprint density at radius 2 is 2.04 bits per heavy atom. The predicted molar refractivity (Wildman–Crippen MR) is 95.8 cm³/mol. The van der Waals surface area contributed by atoms with Gasteiger partial charge in [-0.15, -0.1) is 0 Å². The van der Waals surface area contributed by atoms with E-state index in [2.05, 4.69) is 5.32 Å². The lowest BCUT2D eigenvalue weighted by Crippen LogP contribution is -2.16. The predicted octanol–water partition coefficient (Wildman–Crippen LogP) is 3.97. The van der Waals surface area contributed by atoms with Crippen molar-refractivity contribution in [3.63, 3.8) is 0 Å². The van der Waals surface area contributed by atoms with E-state index in [4.69, 9.17) is 21.1 Å². The number of para-hydroxylation sites is 1. The van der Waals surface area contributed by atoms with Crippen LogP contribution in [-0.4, -0.2) is 19.1 Å². The molecular formula is C19H15ClN2O3. The van der Waals surface area contributed by atoms with E-state index in [1.807, 2.05) is 31.2 Å². The first-order chi connectivity index (χ1) is 12.1. The van der Waals surface area contributed by atoms with E-state index in [1.54, 1.807) is 18.2 Å². The summed E-state index contributed by atoms with van der Waals surface area (Å²) in [6.07, 6.45) is 1.47. The summed E-state index contributed by atoms with van der Waals surface area (Å²) >= 11 is 6.19. The fourth-order valence-corrected chi connectivity index (χ4v) is 2.71. The molecule has 1 amide bonds. The van der Waals surface area contributed by atoms with Gasteiger partial charge in [0.2, 0.25) is 0 Å². The van der Waals surface area contributed by atoms with Gasteiger partial charge in [-0.1, -0.05) is 29.8 Å². The standard InChI is InChI=1S/C19H15ClN2O3/c1-12-4-2-3-5-16(12)22-19(23)14(11-21)8-13-9-15(20)18-17(10-13)24-6-7-25-18/h2-5,8-10H,6-7H2,1H3,(H,22,23)/b14-8+. The number of anilines is 1. The average molecular weight is 355 g/mol. The zero-order chi connectivity index (χ0) is 17.8. The number of halogens is 1. The number of hydrogen-bond donors (Lipinski definition) is 1. The van der Waals surface area contributed by atoms with Crippen LogP contribution in [0.5, 0.6) is 11.5 Å². The second-order valence-electron chi connectivity index (χ2n) is 5.47. The van der Waals surface area contributed by atoms with Crippen molar-refractivity contribution in [2.75, 3.05) is 18.5 Å². The monoisotopic (exact) mass is 354 g/mol. The van der Waals surface area contributed by atoms with Crippen LogP contribution in [0.25, 0.3) is 6.08 Å². The maximum atomic E-state index is 12.4. The normalized spacial score (nSPS) is 13.1. The molecule has 0 spiro atoms. The number of rotatable bonds is 3. The van der Waals surface area contributed by atoms with E-state index in [0.29, 0.717) is 41.0 Å². The van der Waals surface area contributed by atoms with Crippen LogP contribution in [0.3, 0.4) is 0 Å². The van der Waals surface area contributed by atoms with Gasteiger partial charge in [-0.2, -0.15) is 5.26 Å².